The molecule has 0 amide bonds. The first-order chi connectivity index (χ1) is 9.29. The molecule has 0 atom stereocenters. The van der Waals surface area contributed by atoms with Crippen LogP contribution in [0, 0.1) is 0 Å². The summed E-state index contributed by atoms with van der Waals surface area (Å²) in [6, 6.07) is 9.64. The third-order valence-corrected chi connectivity index (χ3v) is 3.00. The Morgan fingerprint density at radius 2 is 2.05 bits per heavy atom. The summed E-state index contributed by atoms with van der Waals surface area (Å²) in [5, 5.41) is 13.9. The van der Waals surface area contributed by atoms with Crippen LogP contribution in [0.3, 0.4) is 0 Å². The van der Waals surface area contributed by atoms with Crippen molar-refractivity contribution < 1.29 is 0 Å². The van der Waals surface area contributed by atoms with Crippen molar-refractivity contribution >= 4 is 17.6 Å². The van der Waals surface area contributed by atoms with E-state index in [9.17, 15) is 0 Å². The molecule has 0 fully saturated rings. The van der Waals surface area contributed by atoms with Gasteiger partial charge in [-0.25, -0.2) is 0 Å². The Hall–Kier alpha value is -2.01. The summed E-state index contributed by atoms with van der Waals surface area (Å²) in [5.41, 5.74) is 2.04. The van der Waals surface area contributed by atoms with E-state index >= 15 is 0 Å². The molecule has 0 aliphatic heterocycles. The summed E-state index contributed by atoms with van der Waals surface area (Å²) < 4.78 is 0. The third-order valence-electron chi connectivity index (χ3n) is 2.63. The zero-order valence-electron chi connectivity index (χ0n) is 10.7. The first-order valence-corrected chi connectivity index (χ1v) is 6.33. The molecule has 5 nitrogen and oxygen atoms in total. The van der Waals surface area contributed by atoms with Gasteiger partial charge in [-0.15, -0.1) is 0 Å². The fourth-order valence-electron chi connectivity index (χ4n) is 1.60. The first-order valence-electron chi connectivity index (χ1n) is 5.96. The van der Waals surface area contributed by atoms with E-state index in [1.165, 1.54) is 0 Å². The second-order valence-corrected chi connectivity index (χ2v) is 4.36. The summed E-state index contributed by atoms with van der Waals surface area (Å²) in [6.07, 6.45) is 1.72. The van der Waals surface area contributed by atoms with Gasteiger partial charge in [-0.1, -0.05) is 29.8 Å². The highest BCUT2D eigenvalue weighted by molar-refractivity contribution is 6.31. The molecular formula is C13H16ClN5. The van der Waals surface area contributed by atoms with Crippen molar-refractivity contribution in [1.29, 1.82) is 0 Å². The van der Waals surface area contributed by atoms with Crippen LogP contribution in [0.5, 0.6) is 0 Å². The monoisotopic (exact) mass is 277 g/mol. The number of nitrogens with one attached hydrogen (secondary N) is 3. The molecule has 0 saturated carbocycles. The van der Waals surface area contributed by atoms with Crippen molar-refractivity contribution in [2.75, 3.05) is 7.05 Å². The number of rotatable bonds is 4. The number of hydrogen-bond acceptors (Lipinski definition) is 2. The molecule has 0 unspecified atom stereocenters. The molecule has 3 N–H and O–H groups in total. The van der Waals surface area contributed by atoms with Crippen molar-refractivity contribution in [2.24, 2.45) is 4.99 Å². The lowest BCUT2D eigenvalue weighted by atomic mass is 10.2. The number of nitrogens with zero attached hydrogens (tertiary/aromatic N) is 2. The zero-order chi connectivity index (χ0) is 13.5. The van der Waals surface area contributed by atoms with Crippen LogP contribution >= 0.6 is 11.6 Å². The van der Waals surface area contributed by atoms with Crippen LogP contribution in [0.15, 0.2) is 41.5 Å². The fourth-order valence-corrected chi connectivity index (χ4v) is 1.81. The molecule has 6 heteroatoms. The fraction of sp³-hybridized carbons (Fsp3) is 0.231. The van der Waals surface area contributed by atoms with Crippen molar-refractivity contribution in [1.82, 2.24) is 20.8 Å². The minimum Gasteiger partial charge on any atom is -0.352 e. The molecular weight excluding hydrogens is 262 g/mol. The van der Waals surface area contributed by atoms with Crippen LogP contribution in [0.25, 0.3) is 0 Å². The molecule has 0 spiro atoms. The van der Waals surface area contributed by atoms with E-state index in [-0.39, 0.29) is 0 Å². The zero-order valence-corrected chi connectivity index (χ0v) is 11.4. The SMILES string of the molecule is CN=C(NCc1ccn[nH]1)NCc1ccccc1Cl. The lowest BCUT2D eigenvalue weighted by Gasteiger charge is -2.11. The normalized spacial score (nSPS) is 11.4. The van der Waals surface area contributed by atoms with Gasteiger partial charge in [0.25, 0.3) is 0 Å². The number of hydrogen-bond donors (Lipinski definition) is 3. The summed E-state index contributed by atoms with van der Waals surface area (Å²) in [7, 11) is 1.73. The highest BCUT2D eigenvalue weighted by atomic mass is 35.5. The van der Waals surface area contributed by atoms with Crippen LogP contribution in [-0.2, 0) is 13.1 Å². The summed E-state index contributed by atoms with van der Waals surface area (Å²) in [6.45, 7) is 1.27. The second-order valence-electron chi connectivity index (χ2n) is 3.95. The molecule has 2 rings (SSSR count). The average Bonchev–Trinajstić information content (AvgIpc) is 2.94. The molecule has 1 aromatic heterocycles. The Kier molecular flexibility index (Phi) is 4.80. The topological polar surface area (TPSA) is 65.1 Å². The van der Waals surface area contributed by atoms with E-state index in [2.05, 4.69) is 25.8 Å². The number of halogens is 1. The van der Waals surface area contributed by atoms with Gasteiger partial charge in [-0.3, -0.25) is 10.1 Å². The molecule has 0 aliphatic rings. The van der Waals surface area contributed by atoms with Gasteiger partial charge in [-0.05, 0) is 17.7 Å². The molecule has 0 saturated heterocycles. The Morgan fingerprint density at radius 3 is 2.74 bits per heavy atom. The Labute approximate surface area is 117 Å². The molecule has 100 valence electrons. The standard InChI is InChI=1S/C13H16ClN5/c1-15-13(17-9-11-6-7-18-19-11)16-8-10-4-2-3-5-12(10)14/h2-7H,8-9H2,1H3,(H,18,19)(H2,15,16,17). The predicted molar refractivity (Wildman–Crippen MR) is 77.1 cm³/mol. The Balaban J connectivity index is 1.85. The predicted octanol–water partition coefficient (Wildman–Crippen LogP) is 1.93. The molecule has 19 heavy (non-hydrogen) atoms. The molecule has 0 bridgehead atoms. The number of guanidine groups is 1. The third kappa shape index (κ3) is 3.99. The van der Waals surface area contributed by atoms with Crippen LogP contribution in [0.4, 0.5) is 0 Å². The number of aliphatic imine (C=N–C) groups is 1. The highest BCUT2D eigenvalue weighted by Gasteiger charge is 2.02. The van der Waals surface area contributed by atoms with Crippen molar-refractivity contribution in [3.8, 4) is 0 Å². The van der Waals surface area contributed by atoms with E-state index in [0.717, 1.165) is 22.2 Å². The lowest BCUT2D eigenvalue weighted by molar-refractivity contribution is 0.790. The number of aromatic nitrogens is 2. The van der Waals surface area contributed by atoms with E-state index in [0.29, 0.717) is 13.1 Å². The lowest BCUT2D eigenvalue weighted by Crippen LogP contribution is -2.36. The maximum Gasteiger partial charge on any atom is 0.191 e. The minimum absolute atomic E-state index is 0.627. The maximum atomic E-state index is 6.10. The van der Waals surface area contributed by atoms with Crippen LogP contribution in [0.1, 0.15) is 11.3 Å². The second kappa shape index (κ2) is 6.80. The van der Waals surface area contributed by atoms with Crippen molar-refractivity contribution in [3.05, 3.63) is 52.8 Å². The molecule has 0 aliphatic carbocycles. The van der Waals surface area contributed by atoms with Crippen molar-refractivity contribution in [2.45, 2.75) is 13.1 Å². The van der Waals surface area contributed by atoms with Crippen molar-refractivity contribution in [3.63, 3.8) is 0 Å². The van der Waals surface area contributed by atoms with Gasteiger partial charge < -0.3 is 10.6 Å². The average molecular weight is 278 g/mol. The van der Waals surface area contributed by atoms with Crippen LogP contribution in [0.2, 0.25) is 5.02 Å². The largest absolute Gasteiger partial charge is 0.352 e. The number of H-pyrrole nitrogens is 1. The maximum absolute atomic E-state index is 6.10. The molecule has 1 heterocycles. The van der Waals surface area contributed by atoms with Crippen LogP contribution in [-0.4, -0.2) is 23.2 Å². The van der Waals surface area contributed by atoms with Gasteiger partial charge in [0.2, 0.25) is 0 Å². The van der Waals surface area contributed by atoms with E-state index in [1.807, 2.05) is 30.3 Å². The quantitative estimate of drug-likeness (QED) is 0.591. The smallest absolute Gasteiger partial charge is 0.191 e. The first kappa shape index (κ1) is 13.4. The number of benzene rings is 1. The van der Waals surface area contributed by atoms with E-state index < -0.39 is 0 Å². The van der Waals surface area contributed by atoms with Gasteiger partial charge in [0.1, 0.15) is 0 Å². The van der Waals surface area contributed by atoms with E-state index in [4.69, 9.17) is 11.6 Å². The van der Waals surface area contributed by atoms with Gasteiger partial charge in [0, 0.05) is 24.8 Å². The summed E-state index contributed by atoms with van der Waals surface area (Å²) >= 11 is 6.10. The van der Waals surface area contributed by atoms with Gasteiger partial charge in [-0.2, -0.15) is 5.10 Å². The summed E-state index contributed by atoms with van der Waals surface area (Å²) in [4.78, 5) is 4.15. The van der Waals surface area contributed by atoms with Gasteiger partial charge in [0.05, 0.1) is 12.2 Å². The molecule has 2 aromatic rings. The van der Waals surface area contributed by atoms with Gasteiger partial charge in [0.15, 0.2) is 5.96 Å². The van der Waals surface area contributed by atoms with Crippen LogP contribution < -0.4 is 10.6 Å². The van der Waals surface area contributed by atoms with E-state index in [1.54, 1.807) is 13.2 Å². The molecule has 1 aromatic carbocycles. The van der Waals surface area contributed by atoms with Gasteiger partial charge >= 0.3 is 0 Å². The molecule has 0 radical (unpaired) electrons. The number of aromatic amines is 1. The summed E-state index contributed by atoms with van der Waals surface area (Å²) in [5.74, 6) is 0.717. The Morgan fingerprint density at radius 1 is 1.26 bits per heavy atom. The Bertz CT molecular complexity index is 536. The minimum atomic E-state index is 0.627. The highest BCUT2D eigenvalue weighted by Crippen LogP contribution is 2.14.